The Balaban J connectivity index is 1.73. The Morgan fingerprint density at radius 2 is 1.90 bits per heavy atom. The lowest BCUT2D eigenvalue weighted by atomic mass is 10.1. The first kappa shape index (κ1) is 23.3. The van der Waals surface area contributed by atoms with Crippen LogP contribution in [0.4, 0.5) is 0 Å². The fourth-order valence-corrected chi connectivity index (χ4v) is 4.44. The SMILES string of the molecule is Cc1ccc(OCC(=O)N(Cc2cccc(Br)c2)[C@@H](C)C(=O)NC2CCCC2)c(C)c1. The van der Waals surface area contributed by atoms with Crippen molar-refractivity contribution in [3.05, 3.63) is 63.6 Å². The second-order valence-electron chi connectivity index (χ2n) is 8.38. The molecule has 6 heteroatoms. The molecule has 0 unspecified atom stereocenters. The molecule has 2 aromatic carbocycles. The Bertz CT molecular complexity index is 925. The Labute approximate surface area is 193 Å². The van der Waals surface area contributed by atoms with Crippen molar-refractivity contribution in [2.45, 2.75) is 65.1 Å². The summed E-state index contributed by atoms with van der Waals surface area (Å²) in [6.07, 6.45) is 4.30. The zero-order valence-corrected chi connectivity index (χ0v) is 20.1. The van der Waals surface area contributed by atoms with Crippen molar-refractivity contribution >= 4 is 27.7 Å². The highest BCUT2D eigenvalue weighted by atomic mass is 79.9. The zero-order valence-electron chi connectivity index (χ0n) is 18.5. The van der Waals surface area contributed by atoms with Crippen molar-refractivity contribution in [1.29, 1.82) is 0 Å². The fourth-order valence-electron chi connectivity index (χ4n) is 3.99. The lowest BCUT2D eigenvalue weighted by Crippen LogP contribution is -2.50. The van der Waals surface area contributed by atoms with E-state index in [0.717, 1.165) is 46.8 Å². The normalized spacial score (nSPS) is 14.8. The lowest BCUT2D eigenvalue weighted by Gasteiger charge is -2.30. The summed E-state index contributed by atoms with van der Waals surface area (Å²) >= 11 is 3.48. The molecule has 166 valence electrons. The number of benzene rings is 2. The van der Waals surface area contributed by atoms with E-state index in [1.807, 2.05) is 56.3 Å². The van der Waals surface area contributed by atoms with Crippen molar-refractivity contribution in [3.8, 4) is 5.75 Å². The minimum Gasteiger partial charge on any atom is -0.483 e. The van der Waals surface area contributed by atoms with Gasteiger partial charge in [-0.3, -0.25) is 9.59 Å². The summed E-state index contributed by atoms with van der Waals surface area (Å²) in [6, 6.07) is 13.3. The molecule has 0 saturated heterocycles. The Morgan fingerprint density at radius 1 is 1.16 bits per heavy atom. The number of hydrogen-bond acceptors (Lipinski definition) is 3. The van der Waals surface area contributed by atoms with Gasteiger partial charge in [-0.1, -0.05) is 58.6 Å². The number of hydrogen-bond donors (Lipinski definition) is 1. The van der Waals surface area contributed by atoms with Crippen LogP contribution in [0.25, 0.3) is 0 Å². The van der Waals surface area contributed by atoms with Gasteiger partial charge in [-0.15, -0.1) is 0 Å². The van der Waals surface area contributed by atoms with Gasteiger partial charge in [-0.25, -0.2) is 0 Å². The minimum absolute atomic E-state index is 0.109. The molecule has 3 rings (SSSR count). The summed E-state index contributed by atoms with van der Waals surface area (Å²) in [6.45, 7) is 6.00. The second kappa shape index (κ2) is 10.8. The number of aryl methyl sites for hydroxylation is 2. The van der Waals surface area contributed by atoms with Crippen LogP contribution in [-0.2, 0) is 16.1 Å². The molecule has 2 amide bonds. The van der Waals surface area contributed by atoms with Crippen LogP contribution in [-0.4, -0.2) is 35.4 Å². The summed E-state index contributed by atoms with van der Waals surface area (Å²) in [5.74, 6) is 0.361. The van der Waals surface area contributed by atoms with E-state index in [9.17, 15) is 9.59 Å². The molecule has 2 aromatic rings. The summed E-state index contributed by atoms with van der Waals surface area (Å²) in [5.41, 5.74) is 3.08. The third-order valence-corrected chi connectivity index (χ3v) is 6.29. The molecule has 0 spiro atoms. The van der Waals surface area contributed by atoms with Gasteiger partial charge in [0.1, 0.15) is 11.8 Å². The highest BCUT2D eigenvalue weighted by Crippen LogP contribution is 2.21. The van der Waals surface area contributed by atoms with Gasteiger partial charge in [0.05, 0.1) is 0 Å². The van der Waals surface area contributed by atoms with Gasteiger partial charge in [0.2, 0.25) is 5.91 Å². The maximum atomic E-state index is 13.2. The van der Waals surface area contributed by atoms with Gasteiger partial charge in [0.15, 0.2) is 6.61 Å². The molecular weight excluding hydrogens is 456 g/mol. The summed E-state index contributed by atoms with van der Waals surface area (Å²) in [5, 5.41) is 3.12. The number of rotatable bonds is 8. The Morgan fingerprint density at radius 3 is 2.58 bits per heavy atom. The van der Waals surface area contributed by atoms with E-state index in [1.165, 1.54) is 0 Å². The first-order valence-electron chi connectivity index (χ1n) is 10.9. The van der Waals surface area contributed by atoms with Crippen LogP contribution in [0.1, 0.15) is 49.3 Å². The molecule has 0 radical (unpaired) electrons. The standard InChI is InChI=1S/C25H31BrN2O3/c1-17-11-12-23(18(2)13-17)31-16-24(29)28(15-20-7-6-8-21(26)14-20)19(3)25(30)27-22-9-4-5-10-22/h6-8,11-14,19,22H,4-5,9-10,15-16H2,1-3H3,(H,27,30)/t19-/m0/s1. The van der Waals surface area contributed by atoms with E-state index in [0.29, 0.717) is 12.3 Å². The van der Waals surface area contributed by atoms with Crippen molar-refractivity contribution < 1.29 is 14.3 Å². The van der Waals surface area contributed by atoms with E-state index in [4.69, 9.17) is 4.74 Å². The maximum Gasteiger partial charge on any atom is 0.261 e. The molecule has 1 aliphatic rings. The van der Waals surface area contributed by atoms with Crippen molar-refractivity contribution in [1.82, 2.24) is 10.2 Å². The summed E-state index contributed by atoms with van der Waals surface area (Å²) in [4.78, 5) is 27.7. The molecule has 0 heterocycles. The van der Waals surface area contributed by atoms with E-state index >= 15 is 0 Å². The number of nitrogens with zero attached hydrogens (tertiary/aromatic N) is 1. The molecule has 5 nitrogen and oxygen atoms in total. The van der Waals surface area contributed by atoms with Gasteiger partial charge >= 0.3 is 0 Å². The summed E-state index contributed by atoms with van der Waals surface area (Å²) in [7, 11) is 0. The molecule has 1 aliphatic carbocycles. The van der Waals surface area contributed by atoms with Crippen LogP contribution in [0.5, 0.6) is 5.75 Å². The molecule has 0 aliphatic heterocycles. The van der Waals surface area contributed by atoms with Crippen molar-refractivity contribution in [3.63, 3.8) is 0 Å². The van der Waals surface area contributed by atoms with Gasteiger partial charge in [-0.2, -0.15) is 0 Å². The maximum absolute atomic E-state index is 13.2. The van der Waals surface area contributed by atoms with Crippen LogP contribution in [0, 0.1) is 13.8 Å². The van der Waals surface area contributed by atoms with Gasteiger partial charge < -0.3 is 15.0 Å². The number of carbonyl (C=O) groups excluding carboxylic acids is 2. The minimum atomic E-state index is -0.588. The molecule has 0 bridgehead atoms. The van der Waals surface area contributed by atoms with Crippen LogP contribution in [0.2, 0.25) is 0 Å². The zero-order chi connectivity index (χ0) is 22.4. The Hall–Kier alpha value is -2.34. The molecule has 1 fully saturated rings. The molecule has 1 saturated carbocycles. The molecular formula is C25H31BrN2O3. The number of nitrogens with one attached hydrogen (secondary N) is 1. The smallest absolute Gasteiger partial charge is 0.261 e. The molecule has 31 heavy (non-hydrogen) atoms. The number of ether oxygens (including phenoxy) is 1. The lowest BCUT2D eigenvalue weighted by molar-refractivity contribution is -0.142. The summed E-state index contributed by atoms with van der Waals surface area (Å²) < 4.78 is 6.76. The topological polar surface area (TPSA) is 58.6 Å². The van der Waals surface area contributed by atoms with Gasteiger partial charge in [0.25, 0.3) is 5.91 Å². The number of carbonyl (C=O) groups is 2. The van der Waals surface area contributed by atoms with Crippen LogP contribution in [0.15, 0.2) is 46.9 Å². The first-order valence-corrected chi connectivity index (χ1v) is 11.7. The number of amides is 2. The predicted octanol–water partition coefficient (Wildman–Crippen LogP) is 4.92. The largest absolute Gasteiger partial charge is 0.483 e. The van der Waals surface area contributed by atoms with E-state index in [2.05, 4.69) is 21.2 Å². The highest BCUT2D eigenvalue weighted by molar-refractivity contribution is 9.10. The third kappa shape index (κ3) is 6.57. The van der Waals surface area contributed by atoms with Gasteiger partial charge in [0, 0.05) is 17.1 Å². The number of halogens is 1. The Kier molecular flexibility index (Phi) is 8.13. The average Bonchev–Trinajstić information content (AvgIpc) is 3.23. The molecule has 1 atom stereocenters. The predicted molar refractivity (Wildman–Crippen MR) is 126 cm³/mol. The van der Waals surface area contributed by atoms with Crippen LogP contribution in [0.3, 0.4) is 0 Å². The second-order valence-corrected chi connectivity index (χ2v) is 9.29. The van der Waals surface area contributed by atoms with Crippen LogP contribution >= 0.6 is 15.9 Å². The van der Waals surface area contributed by atoms with Crippen LogP contribution < -0.4 is 10.1 Å². The van der Waals surface area contributed by atoms with E-state index in [1.54, 1.807) is 11.8 Å². The monoisotopic (exact) mass is 486 g/mol. The van der Waals surface area contributed by atoms with Crippen molar-refractivity contribution in [2.24, 2.45) is 0 Å². The van der Waals surface area contributed by atoms with E-state index in [-0.39, 0.29) is 24.5 Å². The highest BCUT2D eigenvalue weighted by Gasteiger charge is 2.28. The quantitative estimate of drug-likeness (QED) is 0.575. The van der Waals surface area contributed by atoms with Crippen molar-refractivity contribution in [2.75, 3.05) is 6.61 Å². The van der Waals surface area contributed by atoms with E-state index < -0.39 is 6.04 Å². The average molecular weight is 487 g/mol. The molecule has 1 N–H and O–H groups in total. The van der Waals surface area contributed by atoms with Gasteiger partial charge in [-0.05, 0) is 62.9 Å². The molecule has 0 aromatic heterocycles. The first-order chi connectivity index (χ1) is 14.8. The third-order valence-electron chi connectivity index (χ3n) is 5.79. The fraction of sp³-hybridized carbons (Fsp3) is 0.440.